The molecule has 0 saturated heterocycles. The molecule has 0 bridgehead atoms. The number of aromatic nitrogens is 3. The zero-order valence-corrected chi connectivity index (χ0v) is 16.9. The van der Waals surface area contributed by atoms with E-state index in [9.17, 15) is 0 Å². The van der Waals surface area contributed by atoms with Crippen LogP contribution in [0.3, 0.4) is 0 Å². The summed E-state index contributed by atoms with van der Waals surface area (Å²) in [5, 5.41) is 0. The third-order valence-electron chi connectivity index (χ3n) is 5.32. The lowest BCUT2D eigenvalue weighted by molar-refractivity contribution is 0.306. The fourth-order valence-electron chi connectivity index (χ4n) is 3.44. The first kappa shape index (κ1) is 18.2. The third kappa shape index (κ3) is 3.26. The van der Waals surface area contributed by atoms with Gasteiger partial charge < -0.3 is 4.74 Å². The smallest absolute Gasteiger partial charge is 0.165 e. The normalized spacial score (nSPS) is 11.1. The second-order valence-corrected chi connectivity index (χ2v) is 7.10. The van der Waals surface area contributed by atoms with Crippen molar-refractivity contribution in [3.8, 4) is 11.4 Å². The van der Waals surface area contributed by atoms with Gasteiger partial charge in [0.25, 0.3) is 0 Å². The number of benzene rings is 2. The number of pyridine rings is 1. The van der Waals surface area contributed by atoms with Crippen molar-refractivity contribution in [2.24, 2.45) is 0 Å². The number of nitrogens with zero attached hydrogens (tertiary/aromatic N) is 3. The Morgan fingerprint density at radius 1 is 0.857 bits per heavy atom. The van der Waals surface area contributed by atoms with E-state index in [1.807, 2.05) is 30.3 Å². The molecular formula is C24H25N3O. The summed E-state index contributed by atoms with van der Waals surface area (Å²) in [5.74, 6) is 1.87. The Morgan fingerprint density at radius 2 is 1.57 bits per heavy atom. The van der Waals surface area contributed by atoms with Crippen LogP contribution >= 0.6 is 0 Å². The minimum atomic E-state index is 0.563. The van der Waals surface area contributed by atoms with Crippen molar-refractivity contribution in [2.75, 3.05) is 0 Å². The van der Waals surface area contributed by atoms with Crippen molar-refractivity contribution in [3.63, 3.8) is 0 Å². The Morgan fingerprint density at radius 3 is 2.25 bits per heavy atom. The second kappa shape index (κ2) is 7.47. The van der Waals surface area contributed by atoms with Crippen molar-refractivity contribution in [1.29, 1.82) is 0 Å². The van der Waals surface area contributed by atoms with E-state index in [1.54, 1.807) is 0 Å². The highest BCUT2D eigenvalue weighted by atomic mass is 16.5. The van der Waals surface area contributed by atoms with E-state index in [0.29, 0.717) is 6.61 Å². The molecule has 0 amide bonds. The predicted molar refractivity (Wildman–Crippen MR) is 113 cm³/mol. The standard InChI is InChI=1S/C24H25N3O/c1-5-22-26-23-17(3)16(2)18(4)25-24(23)27(22)20-11-13-21(14-12-20)28-15-19-9-7-6-8-10-19/h6-14H,5,15H2,1-4H3. The van der Waals surface area contributed by atoms with Crippen LogP contribution in [0.25, 0.3) is 16.9 Å². The molecule has 142 valence electrons. The maximum atomic E-state index is 5.92. The zero-order chi connectivity index (χ0) is 19.7. The fraction of sp³-hybridized carbons (Fsp3) is 0.250. The average molecular weight is 371 g/mol. The van der Waals surface area contributed by atoms with Crippen LogP contribution in [0.2, 0.25) is 0 Å². The van der Waals surface area contributed by atoms with Gasteiger partial charge in [0, 0.05) is 17.8 Å². The van der Waals surface area contributed by atoms with Gasteiger partial charge in [-0.15, -0.1) is 0 Å². The molecule has 0 aliphatic carbocycles. The van der Waals surface area contributed by atoms with Crippen LogP contribution in [0.4, 0.5) is 0 Å². The van der Waals surface area contributed by atoms with Crippen molar-refractivity contribution >= 4 is 11.2 Å². The van der Waals surface area contributed by atoms with Crippen LogP contribution in [0, 0.1) is 20.8 Å². The molecule has 4 nitrogen and oxygen atoms in total. The summed E-state index contributed by atoms with van der Waals surface area (Å²) in [6.07, 6.45) is 0.847. The summed E-state index contributed by atoms with van der Waals surface area (Å²) in [6.45, 7) is 8.99. The average Bonchev–Trinajstić information content (AvgIpc) is 3.10. The maximum Gasteiger partial charge on any atom is 0.165 e. The van der Waals surface area contributed by atoms with Crippen LogP contribution in [0.5, 0.6) is 5.75 Å². The molecule has 4 heteroatoms. The van der Waals surface area contributed by atoms with E-state index < -0.39 is 0 Å². The summed E-state index contributed by atoms with van der Waals surface area (Å²) in [7, 11) is 0. The van der Waals surface area contributed by atoms with Gasteiger partial charge in [-0.25, -0.2) is 9.97 Å². The lowest BCUT2D eigenvalue weighted by atomic mass is 10.1. The topological polar surface area (TPSA) is 39.9 Å². The zero-order valence-electron chi connectivity index (χ0n) is 16.9. The summed E-state index contributed by atoms with van der Waals surface area (Å²) in [5.41, 5.74) is 7.60. The quantitative estimate of drug-likeness (QED) is 0.466. The van der Waals surface area contributed by atoms with Crippen LogP contribution < -0.4 is 4.74 Å². The number of hydrogen-bond donors (Lipinski definition) is 0. The van der Waals surface area contributed by atoms with Gasteiger partial charge in [-0.3, -0.25) is 4.57 Å². The van der Waals surface area contributed by atoms with Gasteiger partial charge in [0.15, 0.2) is 5.65 Å². The monoisotopic (exact) mass is 371 g/mol. The summed E-state index contributed by atoms with van der Waals surface area (Å²) >= 11 is 0. The van der Waals surface area contributed by atoms with E-state index in [2.05, 4.69) is 56.5 Å². The molecule has 0 spiro atoms. The third-order valence-corrected chi connectivity index (χ3v) is 5.32. The van der Waals surface area contributed by atoms with Crippen molar-refractivity contribution < 1.29 is 4.74 Å². The van der Waals surface area contributed by atoms with Crippen molar-refractivity contribution in [3.05, 3.63) is 82.8 Å². The Balaban J connectivity index is 1.68. The van der Waals surface area contributed by atoms with Crippen LogP contribution in [-0.2, 0) is 13.0 Å². The first-order valence-corrected chi connectivity index (χ1v) is 9.70. The number of ether oxygens (including phenoxy) is 1. The number of aryl methyl sites for hydroxylation is 3. The molecule has 2 heterocycles. The SMILES string of the molecule is CCc1nc2c(C)c(C)c(C)nc2n1-c1ccc(OCc2ccccc2)cc1. The molecule has 0 unspecified atom stereocenters. The van der Waals surface area contributed by atoms with E-state index >= 15 is 0 Å². The first-order valence-electron chi connectivity index (χ1n) is 9.70. The number of hydrogen-bond acceptors (Lipinski definition) is 3. The molecule has 0 N–H and O–H groups in total. The number of imidazole rings is 1. The van der Waals surface area contributed by atoms with Gasteiger partial charge in [-0.1, -0.05) is 37.3 Å². The molecule has 0 fully saturated rings. The molecule has 0 saturated carbocycles. The molecule has 2 aromatic heterocycles. The van der Waals surface area contributed by atoms with E-state index in [4.69, 9.17) is 14.7 Å². The summed E-state index contributed by atoms with van der Waals surface area (Å²) in [6, 6.07) is 18.4. The lowest BCUT2D eigenvalue weighted by Crippen LogP contribution is -2.02. The van der Waals surface area contributed by atoms with Gasteiger partial charge in [0.1, 0.15) is 23.7 Å². The van der Waals surface area contributed by atoms with Crippen LogP contribution in [-0.4, -0.2) is 14.5 Å². The molecule has 4 aromatic rings. The Bertz CT molecular complexity index is 1110. The van der Waals surface area contributed by atoms with Gasteiger partial charge in [0.2, 0.25) is 0 Å². The number of fused-ring (bicyclic) bond motifs is 1. The van der Waals surface area contributed by atoms with E-state index in [-0.39, 0.29) is 0 Å². The highest BCUT2D eigenvalue weighted by Gasteiger charge is 2.16. The Hall–Kier alpha value is -3.14. The second-order valence-electron chi connectivity index (χ2n) is 7.10. The predicted octanol–water partition coefficient (Wildman–Crippen LogP) is 5.49. The molecule has 28 heavy (non-hydrogen) atoms. The molecular weight excluding hydrogens is 346 g/mol. The molecule has 0 aliphatic heterocycles. The van der Waals surface area contributed by atoms with E-state index in [0.717, 1.165) is 46.1 Å². The minimum absolute atomic E-state index is 0.563. The van der Waals surface area contributed by atoms with Crippen LogP contribution in [0.1, 0.15) is 35.1 Å². The van der Waals surface area contributed by atoms with Crippen molar-refractivity contribution in [2.45, 2.75) is 40.7 Å². The highest BCUT2D eigenvalue weighted by molar-refractivity contribution is 5.79. The van der Waals surface area contributed by atoms with Gasteiger partial charge in [-0.2, -0.15) is 0 Å². The van der Waals surface area contributed by atoms with Gasteiger partial charge in [0.05, 0.1) is 0 Å². The van der Waals surface area contributed by atoms with Crippen molar-refractivity contribution in [1.82, 2.24) is 14.5 Å². The molecule has 0 radical (unpaired) electrons. The van der Waals surface area contributed by atoms with Crippen LogP contribution in [0.15, 0.2) is 54.6 Å². The Kier molecular flexibility index (Phi) is 4.86. The van der Waals surface area contributed by atoms with E-state index in [1.165, 1.54) is 11.1 Å². The molecule has 4 rings (SSSR count). The summed E-state index contributed by atoms with van der Waals surface area (Å²) < 4.78 is 8.08. The molecule has 0 atom stereocenters. The Labute approximate surface area is 165 Å². The lowest BCUT2D eigenvalue weighted by Gasteiger charge is -2.11. The molecule has 0 aliphatic rings. The highest BCUT2D eigenvalue weighted by Crippen LogP contribution is 2.27. The first-order chi connectivity index (χ1) is 13.6. The summed E-state index contributed by atoms with van der Waals surface area (Å²) in [4.78, 5) is 9.73. The molecule has 2 aromatic carbocycles. The fourth-order valence-corrected chi connectivity index (χ4v) is 3.44. The van der Waals surface area contributed by atoms with Gasteiger partial charge >= 0.3 is 0 Å². The minimum Gasteiger partial charge on any atom is -0.489 e. The largest absolute Gasteiger partial charge is 0.489 e. The van der Waals surface area contributed by atoms with Gasteiger partial charge in [-0.05, 0) is 61.7 Å². The maximum absolute atomic E-state index is 5.92. The number of rotatable bonds is 5.